The van der Waals surface area contributed by atoms with E-state index in [0.717, 1.165) is 25.7 Å². The molecule has 5 nitrogen and oxygen atoms in total. The van der Waals surface area contributed by atoms with Crippen LogP contribution in [0.25, 0.3) is 10.9 Å². The highest BCUT2D eigenvalue weighted by atomic mass is 35.5. The van der Waals surface area contributed by atoms with Gasteiger partial charge in [-0.25, -0.2) is 4.98 Å². The Labute approximate surface area is 126 Å². The maximum atomic E-state index is 12.3. The van der Waals surface area contributed by atoms with Crippen molar-refractivity contribution in [3.8, 4) is 0 Å². The number of carbonyl (C=O) groups excluding carboxylic acids is 1. The Morgan fingerprint density at radius 3 is 2.90 bits per heavy atom. The fraction of sp³-hybridized carbons (Fsp3) is 0.400. The molecule has 0 spiro atoms. The number of hydrogen-bond donors (Lipinski definition) is 1. The largest absolute Gasteiger partial charge is 0.352 e. The number of hydrogen-bond acceptors (Lipinski definition) is 3. The van der Waals surface area contributed by atoms with Crippen molar-refractivity contribution in [3.63, 3.8) is 0 Å². The molecule has 1 aliphatic rings. The van der Waals surface area contributed by atoms with Gasteiger partial charge in [-0.3, -0.25) is 14.2 Å². The summed E-state index contributed by atoms with van der Waals surface area (Å²) in [4.78, 5) is 28.5. The van der Waals surface area contributed by atoms with E-state index in [9.17, 15) is 9.59 Å². The van der Waals surface area contributed by atoms with Crippen LogP contribution in [0.4, 0.5) is 0 Å². The number of halogens is 1. The first-order chi connectivity index (χ1) is 10.1. The molecule has 110 valence electrons. The fourth-order valence-corrected chi connectivity index (χ4v) is 2.91. The molecule has 0 radical (unpaired) electrons. The number of benzene rings is 1. The molecule has 1 heterocycles. The molecule has 0 saturated heterocycles. The van der Waals surface area contributed by atoms with Crippen molar-refractivity contribution < 1.29 is 4.79 Å². The van der Waals surface area contributed by atoms with Gasteiger partial charge in [0.25, 0.3) is 5.56 Å². The third-order valence-corrected chi connectivity index (χ3v) is 4.06. The molecule has 1 aromatic carbocycles. The van der Waals surface area contributed by atoms with Crippen molar-refractivity contribution in [2.75, 3.05) is 0 Å². The number of nitrogens with zero attached hydrogens (tertiary/aromatic N) is 2. The third-order valence-electron chi connectivity index (χ3n) is 3.82. The standard InChI is InChI=1S/C15H16ClN3O2/c16-10-5-6-13-12(7-10)15(21)19(9-17-13)8-14(20)18-11-3-1-2-4-11/h5-7,9,11H,1-4,8H2,(H,18,20). The molecule has 1 aliphatic carbocycles. The highest BCUT2D eigenvalue weighted by Crippen LogP contribution is 2.17. The molecule has 6 heteroatoms. The maximum Gasteiger partial charge on any atom is 0.261 e. The normalized spacial score (nSPS) is 15.5. The molecule has 0 bridgehead atoms. The van der Waals surface area contributed by atoms with E-state index < -0.39 is 0 Å². The van der Waals surface area contributed by atoms with Gasteiger partial charge in [-0.05, 0) is 31.0 Å². The summed E-state index contributed by atoms with van der Waals surface area (Å²) in [5.74, 6) is -0.146. The predicted molar refractivity (Wildman–Crippen MR) is 81.4 cm³/mol. The van der Waals surface area contributed by atoms with Crippen LogP contribution in [0.1, 0.15) is 25.7 Å². The Bertz CT molecular complexity index is 735. The highest BCUT2D eigenvalue weighted by molar-refractivity contribution is 6.31. The molecular weight excluding hydrogens is 290 g/mol. The quantitative estimate of drug-likeness (QED) is 0.944. The maximum absolute atomic E-state index is 12.3. The molecule has 0 atom stereocenters. The lowest BCUT2D eigenvalue weighted by molar-refractivity contribution is -0.122. The lowest BCUT2D eigenvalue weighted by Gasteiger charge is -2.12. The van der Waals surface area contributed by atoms with Crippen molar-refractivity contribution in [1.29, 1.82) is 0 Å². The van der Waals surface area contributed by atoms with Crippen LogP contribution in [0.2, 0.25) is 5.02 Å². The summed E-state index contributed by atoms with van der Waals surface area (Å²) in [5.41, 5.74) is 0.334. The van der Waals surface area contributed by atoms with Crippen LogP contribution in [0.15, 0.2) is 29.3 Å². The van der Waals surface area contributed by atoms with Crippen molar-refractivity contribution in [1.82, 2.24) is 14.9 Å². The second-order valence-electron chi connectivity index (χ2n) is 5.39. The SMILES string of the molecule is O=C(Cn1cnc2ccc(Cl)cc2c1=O)NC1CCCC1. The molecule has 1 fully saturated rings. The monoisotopic (exact) mass is 305 g/mol. The van der Waals surface area contributed by atoms with Crippen LogP contribution in [-0.4, -0.2) is 21.5 Å². The Morgan fingerprint density at radius 2 is 2.14 bits per heavy atom. The molecule has 21 heavy (non-hydrogen) atoms. The van der Waals surface area contributed by atoms with Crippen molar-refractivity contribution >= 4 is 28.4 Å². The number of nitrogens with one attached hydrogen (secondary N) is 1. The van der Waals surface area contributed by atoms with Gasteiger partial charge in [-0.1, -0.05) is 24.4 Å². The minimum Gasteiger partial charge on any atom is -0.352 e. The van der Waals surface area contributed by atoms with Gasteiger partial charge in [0, 0.05) is 11.1 Å². The van der Waals surface area contributed by atoms with E-state index in [4.69, 9.17) is 11.6 Å². The smallest absolute Gasteiger partial charge is 0.261 e. The molecule has 3 rings (SSSR count). The molecular formula is C15H16ClN3O2. The van der Waals surface area contributed by atoms with Crippen LogP contribution in [0.5, 0.6) is 0 Å². The minimum atomic E-state index is -0.246. The number of amides is 1. The van der Waals surface area contributed by atoms with E-state index in [1.54, 1.807) is 18.2 Å². The summed E-state index contributed by atoms with van der Waals surface area (Å²) in [6.45, 7) is -0.00914. The first-order valence-corrected chi connectivity index (χ1v) is 7.45. The zero-order chi connectivity index (χ0) is 14.8. The topological polar surface area (TPSA) is 64.0 Å². The van der Waals surface area contributed by atoms with E-state index >= 15 is 0 Å². The van der Waals surface area contributed by atoms with E-state index in [1.807, 2.05) is 0 Å². The molecule has 0 aliphatic heterocycles. The van der Waals surface area contributed by atoms with Crippen LogP contribution in [0, 0.1) is 0 Å². The van der Waals surface area contributed by atoms with Gasteiger partial charge >= 0.3 is 0 Å². The van der Waals surface area contributed by atoms with Crippen LogP contribution in [-0.2, 0) is 11.3 Å². The second-order valence-corrected chi connectivity index (χ2v) is 5.82. The number of fused-ring (bicyclic) bond motifs is 1. The minimum absolute atomic E-state index is 0.00914. The van der Waals surface area contributed by atoms with Crippen molar-refractivity contribution in [3.05, 3.63) is 39.9 Å². The molecule has 0 unspecified atom stereocenters. The van der Waals surface area contributed by atoms with Gasteiger partial charge in [-0.15, -0.1) is 0 Å². The lowest BCUT2D eigenvalue weighted by atomic mass is 10.2. The number of carbonyl (C=O) groups is 1. The lowest BCUT2D eigenvalue weighted by Crippen LogP contribution is -2.37. The van der Waals surface area contributed by atoms with Gasteiger partial charge in [0.1, 0.15) is 6.54 Å². The van der Waals surface area contributed by atoms with E-state index in [2.05, 4.69) is 10.3 Å². The van der Waals surface area contributed by atoms with E-state index in [0.29, 0.717) is 15.9 Å². The first-order valence-electron chi connectivity index (χ1n) is 7.07. The molecule has 1 aromatic heterocycles. The Kier molecular flexibility index (Phi) is 3.92. The number of aromatic nitrogens is 2. The van der Waals surface area contributed by atoms with Gasteiger partial charge in [-0.2, -0.15) is 0 Å². The van der Waals surface area contributed by atoms with Gasteiger partial charge in [0.15, 0.2) is 0 Å². The Hall–Kier alpha value is -1.88. The van der Waals surface area contributed by atoms with E-state index in [-0.39, 0.29) is 24.1 Å². The van der Waals surface area contributed by atoms with Gasteiger partial charge < -0.3 is 5.32 Å². The van der Waals surface area contributed by atoms with Crippen LogP contribution < -0.4 is 10.9 Å². The number of rotatable bonds is 3. The molecule has 1 N–H and O–H groups in total. The summed E-state index contributed by atoms with van der Waals surface area (Å²) in [7, 11) is 0. The summed E-state index contributed by atoms with van der Waals surface area (Å²) in [5, 5.41) is 3.87. The Morgan fingerprint density at radius 1 is 1.38 bits per heavy atom. The summed E-state index contributed by atoms with van der Waals surface area (Å²) in [6, 6.07) is 5.21. The van der Waals surface area contributed by atoms with Crippen molar-refractivity contribution in [2.45, 2.75) is 38.3 Å². The highest BCUT2D eigenvalue weighted by Gasteiger charge is 2.17. The van der Waals surface area contributed by atoms with Crippen molar-refractivity contribution in [2.24, 2.45) is 0 Å². The summed E-state index contributed by atoms with van der Waals surface area (Å²) < 4.78 is 1.32. The van der Waals surface area contributed by atoms with E-state index in [1.165, 1.54) is 10.9 Å². The molecule has 1 amide bonds. The van der Waals surface area contributed by atoms with Gasteiger partial charge in [0.2, 0.25) is 5.91 Å². The summed E-state index contributed by atoms with van der Waals surface area (Å²) in [6.07, 6.45) is 5.76. The van der Waals surface area contributed by atoms with Gasteiger partial charge in [0.05, 0.1) is 17.2 Å². The average Bonchev–Trinajstić information content (AvgIpc) is 2.95. The van der Waals surface area contributed by atoms with Crippen LogP contribution >= 0.6 is 11.6 Å². The molecule has 1 saturated carbocycles. The average molecular weight is 306 g/mol. The fourth-order valence-electron chi connectivity index (χ4n) is 2.74. The molecule has 2 aromatic rings. The first kappa shape index (κ1) is 14.1. The summed E-state index contributed by atoms with van der Waals surface area (Å²) >= 11 is 5.91. The van der Waals surface area contributed by atoms with Crippen LogP contribution in [0.3, 0.4) is 0 Å². The third kappa shape index (κ3) is 3.08. The predicted octanol–water partition coefficient (Wildman–Crippen LogP) is 2.11. The zero-order valence-electron chi connectivity index (χ0n) is 11.5. The second kappa shape index (κ2) is 5.85. The Balaban J connectivity index is 1.81. The zero-order valence-corrected chi connectivity index (χ0v) is 12.3.